The van der Waals surface area contributed by atoms with Crippen molar-refractivity contribution < 1.29 is 13.2 Å². The number of nitrogens with two attached hydrogens (primary N) is 1. The minimum atomic E-state index is -3.44. The number of rotatable bonds is 6. The van der Waals surface area contributed by atoms with Gasteiger partial charge in [0.1, 0.15) is 4.99 Å². The van der Waals surface area contributed by atoms with Gasteiger partial charge in [0.05, 0.1) is 18.0 Å². The van der Waals surface area contributed by atoms with Gasteiger partial charge < -0.3 is 10.5 Å². The smallest absolute Gasteiger partial charge is 0.235 e. The van der Waals surface area contributed by atoms with Crippen molar-refractivity contribution in [3.05, 3.63) is 29.8 Å². The van der Waals surface area contributed by atoms with Crippen molar-refractivity contribution in [3.63, 3.8) is 0 Å². The van der Waals surface area contributed by atoms with Crippen LogP contribution in [0.15, 0.2) is 24.3 Å². The second-order valence-electron chi connectivity index (χ2n) is 3.32. The molecule has 5 nitrogen and oxygen atoms in total. The molecule has 1 rings (SSSR count). The number of methoxy groups -OCH3 is 1. The van der Waals surface area contributed by atoms with Gasteiger partial charge in [0.2, 0.25) is 10.0 Å². The number of ether oxygens (including phenoxy) is 1. The number of benzene rings is 1. The predicted octanol–water partition coefficient (Wildman–Crippen LogP) is 0.709. The normalized spacial score (nSPS) is 11.1. The Morgan fingerprint density at radius 2 is 2.12 bits per heavy atom. The van der Waals surface area contributed by atoms with Gasteiger partial charge in [0, 0.05) is 12.7 Å². The molecule has 0 radical (unpaired) electrons. The molecule has 1 aromatic carbocycles. The molecule has 0 saturated heterocycles. The van der Waals surface area contributed by atoms with E-state index in [1.54, 1.807) is 24.3 Å². The molecular weight excluding hydrogens is 260 g/mol. The van der Waals surface area contributed by atoms with Crippen LogP contribution in [0.1, 0.15) is 5.56 Å². The highest BCUT2D eigenvalue weighted by Crippen LogP contribution is 2.16. The molecule has 0 atom stereocenters. The summed E-state index contributed by atoms with van der Waals surface area (Å²) in [5.74, 6) is -0.116. The molecule has 0 saturated carbocycles. The first-order valence-corrected chi connectivity index (χ1v) is 6.90. The summed E-state index contributed by atoms with van der Waals surface area (Å²) >= 11 is 4.84. The van der Waals surface area contributed by atoms with Gasteiger partial charge in [-0.05, 0) is 12.1 Å². The fourth-order valence-electron chi connectivity index (χ4n) is 1.20. The van der Waals surface area contributed by atoms with E-state index in [0.29, 0.717) is 11.3 Å². The number of hydrogen-bond acceptors (Lipinski definition) is 4. The van der Waals surface area contributed by atoms with E-state index in [9.17, 15) is 8.42 Å². The van der Waals surface area contributed by atoms with Crippen LogP contribution >= 0.6 is 12.2 Å². The van der Waals surface area contributed by atoms with Crippen LogP contribution in [0.25, 0.3) is 0 Å². The number of hydrogen-bond donors (Lipinski definition) is 2. The molecule has 3 N–H and O–H groups in total. The molecule has 0 bridgehead atoms. The molecule has 0 aromatic heterocycles. The molecule has 0 unspecified atom stereocenters. The van der Waals surface area contributed by atoms with Gasteiger partial charge in [-0.15, -0.1) is 0 Å². The van der Waals surface area contributed by atoms with Crippen LogP contribution < -0.4 is 10.5 Å². The van der Waals surface area contributed by atoms with Crippen LogP contribution in [0.3, 0.4) is 0 Å². The maximum absolute atomic E-state index is 11.7. The SMILES string of the molecule is COCCS(=O)(=O)Nc1ccccc1C(N)=S. The first-order valence-electron chi connectivity index (χ1n) is 4.84. The third kappa shape index (κ3) is 4.29. The zero-order chi connectivity index (χ0) is 12.9. The van der Waals surface area contributed by atoms with Crippen molar-refractivity contribution in [2.75, 3.05) is 24.2 Å². The summed E-state index contributed by atoms with van der Waals surface area (Å²) in [7, 11) is -2.00. The lowest BCUT2D eigenvalue weighted by Crippen LogP contribution is -2.22. The van der Waals surface area contributed by atoms with Crippen molar-refractivity contribution in [1.29, 1.82) is 0 Å². The number of thiocarbonyl (C=S) groups is 1. The number of anilines is 1. The summed E-state index contributed by atoms with van der Waals surface area (Å²) in [6, 6.07) is 6.72. The van der Waals surface area contributed by atoms with Gasteiger partial charge in [0.15, 0.2) is 0 Å². The van der Waals surface area contributed by atoms with Crippen molar-refractivity contribution in [1.82, 2.24) is 0 Å². The summed E-state index contributed by atoms with van der Waals surface area (Å²) in [6.07, 6.45) is 0. The average Bonchev–Trinajstić information content (AvgIpc) is 2.26. The number of nitrogens with one attached hydrogen (secondary N) is 1. The Kier molecular flexibility index (Phi) is 4.86. The predicted molar refractivity (Wildman–Crippen MR) is 71.6 cm³/mol. The second-order valence-corrected chi connectivity index (χ2v) is 5.61. The highest BCUT2D eigenvalue weighted by Gasteiger charge is 2.13. The minimum Gasteiger partial charge on any atom is -0.389 e. The van der Waals surface area contributed by atoms with Gasteiger partial charge in [-0.3, -0.25) is 4.72 Å². The van der Waals surface area contributed by atoms with E-state index in [2.05, 4.69) is 4.72 Å². The van der Waals surface area contributed by atoms with Gasteiger partial charge in [-0.2, -0.15) is 0 Å². The van der Waals surface area contributed by atoms with E-state index in [-0.39, 0.29) is 17.3 Å². The first-order chi connectivity index (χ1) is 7.96. The van der Waals surface area contributed by atoms with Crippen LogP contribution in [-0.2, 0) is 14.8 Å². The summed E-state index contributed by atoms with van der Waals surface area (Å²) in [4.78, 5) is 0.148. The van der Waals surface area contributed by atoms with E-state index < -0.39 is 10.0 Å². The Labute approximate surface area is 106 Å². The monoisotopic (exact) mass is 274 g/mol. The number of para-hydroxylation sites is 1. The van der Waals surface area contributed by atoms with Gasteiger partial charge in [-0.25, -0.2) is 8.42 Å². The van der Waals surface area contributed by atoms with Gasteiger partial charge in [-0.1, -0.05) is 24.4 Å². The lowest BCUT2D eigenvalue weighted by Gasteiger charge is -2.11. The summed E-state index contributed by atoms with van der Waals surface area (Å²) < 4.78 is 30.5. The lowest BCUT2D eigenvalue weighted by atomic mass is 10.2. The van der Waals surface area contributed by atoms with Crippen molar-refractivity contribution >= 4 is 32.9 Å². The molecule has 0 fully saturated rings. The van der Waals surface area contributed by atoms with Crippen molar-refractivity contribution in [3.8, 4) is 0 Å². The fraction of sp³-hybridized carbons (Fsp3) is 0.300. The summed E-state index contributed by atoms with van der Waals surface area (Å²) in [5, 5.41) is 0. The molecule has 0 aliphatic rings. The third-order valence-electron chi connectivity index (χ3n) is 2.01. The molecule has 0 heterocycles. The molecule has 1 aromatic rings. The summed E-state index contributed by atoms with van der Waals surface area (Å²) in [6.45, 7) is 0.130. The van der Waals surface area contributed by atoms with E-state index in [4.69, 9.17) is 22.7 Å². The van der Waals surface area contributed by atoms with Crippen LogP contribution in [0, 0.1) is 0 Å². The van der Waals surface area contributed by atoms with Crippen molar-refractivity contribution in [2.24, 2.45) is 5.73 Å². The lowest BCUT2D eigenvalue weighted by molar-refractivity contribution is 0.217. The Bertz CT molecular complexity index is 500. The zero-order valence-electron chi connectivity index (χ0n) is 9.34. The molecule has 17 heavy (non-hydrogen) atoms. The summed E-state index contributed by atoms with van der Waals surface area (Å²) in [5.41, 5.74) is 6.39. The van der Waals surface area contributed by atoms with E-state index >= 15 is 0 Å². The fourth-order valence-corrected chi connectivity index (χ4v) is 2.38. The van der Waals surface area contributed by atoms with Crippen molar-refractivity contribution in [2.45, 2.75) is 0 Å². The Morgan fingerprint density at radius 1 is 1.47 bits per heavy atom. The highest BCUT2D eigenvalue weighted by molar-refractivity contribution is 7.92. The first kappa shape index (κ1) is 13.9. The van der Waals surface area contributed by atoms with E-state index in [0.717, 1.165) is 0 Å². The zero-order valence-corrected chi connectivity index (χ0v) is 11.0. The van der Waals surface area contributed by atoms with E-state index in [1.807, 2.05) is 0 Å². The van der Waals surface area contributed by atoms with Gasteiger partial charge in [0.25, 0.3) is 0 Å². The van der Waals surface area contributed by atoms with Crippen LogP contribution in [0.5, 0.6) is 0 Å². The van der Waals surface area contributed by atoms with Crippen LogP contribution in [-0.4, -0.2) is 32.9 Å². The van der Waals surface area contributed by atoms with Gasteiger partial charge >= 0.3 is 0 Å². The molecule has 7 heteroatoms. The van der Waals surface area contributed by atoms with E-state index in [1.165, 1.54) is 7.11 Å². The standard InChI is InChI=1S/C10H14N2O3S2/c1-15-6-7-17(13,14)12-9-5-3-2-4-8(9)10(11)16/h2-5,12H,6-7H2,1H3,(H2,11,16). The number of sulfonamides is 1. The molecule has 0 spiro atoms. The average molecular weight is 274 g/mol. The highest BCUT2D eigenvalue weighted by atomic mass is 32.2. The molecule has 0 aliphatic heterocycles. The molecular formula is C10H14N2O3S2. The molecule has 94 valence electrons. The van der Waals surface area contributed by atoms with Crippen LogP contribution in [0.4, 0.5) is 5.69 Å². The maximum Gasteiger partial charge on any atom is 0.235 e. The Morgan fingerprint density at radius 3 is 2.71 bits per heavy atom. The Hall–Kier alpha value is -1.18. The third-order valence-corrected chi connectivity index (χ3v) is 3.47. The second kappa shape index (κ2) is 5.95. The quantitative estimate of drug-likeness (QED) is 0.747. The topological polar surface area (TPSA) is 81.4 Å². The molecule has 0 amide bonds. The largest absolute Gasteiger partial charge is 0.389 e. The maximum atomic E-state index is 11.7. The van der Waals surface area contributed by atoms with Crippen LogP contribution in [0.2, 0.25) is 0 Å². The Balaban J connectivity index is 2.92. The minimum absolute atomic E-state index is 0.116. The molecule has 0 aliphatic carbocycles.